The Morgan fingerprint density at radius 2 is 1.90 bits per heavy atom. The van der Waals surface area contributed by atoms with Crippen LogP contribution in [0.25, 0.3) is 10.9 Å². The summed E-state index contributed by atoms with van der Waals surface area (Å²) in [5, 5.41) is 15.1. The van der Waals surface area contributed by atoms with Gasteiger partial charge in [-0.2, -0.15) is 0 Å². The van der Waals surface area contributed by atoms with E-state index < -0.39 is 11.8 Å². The van der Waals surface area contributed by atoms with E-state index >= 15 is 0 Å². The van der Waals surface area contributed by atoms with E-state index in [2.05, 4.69) is 41.3 Å². The highest BCUT2D eigenvalue weighted by molar-refractivity contribution is 5.90. The number of fused-ring (bicyclic) bond motifs is 1. The van der Waals surface area contributed by atoms with Gasteiger partial charge in [-0.1, -0.05) is 27.7 Å². The summed E-state index contributed by atoms with van der Waals surface area (Å²) in [5.41, 5.74) is 0.765. The Hall–Kier alpha value is -3.63. The standard InChI is InChI=1S/C29H39FN4O5/c1-6-34(13-15-35)14-16-38-27-19-24-21(18-26(27)37-5)25(9-11-31-24)39-20-7-8-23(22(30)17-20)33-28(36)32-12-10-29(2,3)4/h7-9,11,17-19,35H,6,10,12-16H2,1-5H3,(H2,32,33,36). The highest BCUT2D eigenvalue weighted by Crippen LogP contribution is 2.37. The van der Waals surface area contributed by atoms with E-state index in [1.54, 1.807) is 37.6 Å². The molecule has 0 saturated heterocycles. The van der Waals surface area contributed by atoms with Crippen molar-refractivity contribution in [2.75, 3.05) is 51.8 Å². The molecule has 3 N–H and O–H groups in total. The van der Waals surface area contributed by atoms with E-state index in [9.17, 15) is 9.18 Å². The van der Waals surface area contributed by atoms with Crippen molar-refractivity contribution in [1.29, 1.82) is 0 Å². The van der Waals surface area contributed by atoms with Gasteiger partial charge < -0.3 is 30.0 Å². The summed E-state index contributed by atoms with van der Waals surface area (Å²) in [7, 11) is 1.55. The zero-order valence-electron chi connectivity index (χ0n) is 23.3. The maximum absolute atomic E-state index is 14.8. The lowest BCUT2D eigenvalue weighted by atomic mass is 9.92. The third-order valence-electron chi connectivity index (χ3n) is 6.09. The van der Waals surface area contributed by atoms with Crippen molar-refractivity contribution in [1.82, 2.24) is 15.2 Å². The third-order valence-corrected chi connectivity index (χ3v) is 6.09. The lowest BCUT2D eigenvalue weighted by Gasteiger charge is -2.20. The van der Waals surface area contributed by atoms with Gasteiger partial charge in [0, 0.05) is 43.4 Å². The van der Waals surface area contributed by atoms with Crippen LogP contribution in [0.1, 0.15) is 34.1 Å². The number of pyridine rings is 1. The Labute approximate surface area is 229 Å². The highest BCUT2D eigenvalue weighted by atomic mass is 19.1. The van der Waals surface area contributed by atoms with Crippen molar-refractivity contribution >= 4 is 22.6 Å². The number of amides is 2. The van der Waals surface area contributed by atoms with Gasteiger partial charge in [0.2, 0.25) is 0 Å². The number of aromatic nitrogens is 1. The van der Waals surface area contributed by atoms with Crippen molar-refractivity contribution in [2.45, 2.75) is 34.1 Å². The van der Waals surface area contributed by atoms with Crippen molar-refractivity contribution in [3.8, 4) is 23.0 Å². The van der Waals surface area contributed by atoms with E-state index in [1.165, 1.54) is 12.1 Å². The molecule has 0 aliphatic heterocycles. The molecular formula is C29H39FN4O5. The fourth-order valence-electron chi connectivity index (χ4n) is 3.85. The molecule has 39 heavy (non-hydrogen) atoms. The highest BCUT2D eigenvalue weighted by Gasteiger charge is 2.15. The number of likely N-dealkylation sites (N-methyl/N-ethyl adjacent to an activating group) is 1. The summed E-state index contributed by atoms with van der Waals surface area (Å²) in [6.45, 7) is 11.3. The van der Waals surface area contributed by atoms with Crippen molar-refractivity contribution in [3.05, 3.63) is 48.4 Å². The molecule has 2 amide bonds. The molecule has 0 fully saturated rings. The number of hydrogen-bond donors (Lipinski definition) is 3. The molecular weight excluding hydrogens is 503 g/mol. The SMILES string of the molecule is CCN(CCO)CCOc1cc2nccc(Oc3ccc(NC(=O)NCCC(C)(C)C)c(F)c3)c2cc1OC. The molecule has 1 aromatic heterocycles. The van der Waals surface area contributed by atoms with Gasteiger partial charge in [-0.3, -0.25) is 9.88 Å². The number of nitrogens with one attached hydrogen (secondary N) is 2. The molecule has 3 aromatic rings. The van der Waals surface area contributed by atoms with Gasteiger partial charge in [-0.25, -0.2) is 9.18 Å². The Kier molecular flexibility index (Phi) is 10.7. The molecule has 0 aliphatic rings. The number of benzene rings is 2. The molecule has 0 saturated carbocycles. The average molecular weight is 543 g/mol. The second-order valence-electron chi connectivity index (χ2n) is 10.3. The minimum absolute atomic E-state index is 0.0549. The minimum atomic E-state index is -0.618. The largest absolute Gasteiger partial charge is 0.493 e. The van der Waals surface area contributed by atoms with Gasteiger partial charge in [0.05, 0.1) is 24.9 Å². The smallest absolute Gasteiger partial charge is 0.319 e. The first-order valence-corrected chi connectivity index (χ1v) is 13.1. The van der Waals surface area contributed by atoms with Gasteiger partial charge in [-0.05, 0) is 42.6 Å². The number of ether oxygens (including phenoxy) is 3. The van der Waals surface area contributed by atoms with Crippen LogP contribution in [0.2, 0.25) is 0 Å². The zero-order valence-corrected chi connectivity index (χ0v) is 23.3. The number of rotatable bonds is 13. The molecule has 2 aromatic carbocycles. The zero-order chi connectivity index (χ0) is 28.4. The van der Waals surface area contributed by atoms with Crippen LogP contribution < -0.4 is 24.8 Å². The fraction of sp³-hybridized carbons (Fsp3) is 0.448. The lowest BCUT2D eigenvalue weighted by molar-refractivity contribution is 0.172. The number of aliphatic hydroxyl groups excluding tert-OH is 1. The number of methoxy groups -OCH3 is 1. The van der Waals surface area contributed by atoms with Crippen LogP contribution in [0.4, 0.5) is 14.9 Å². The maximum atomic E-state index is 14.8. The first-order chi connectivity index (χ1) is 18.6. The van der Waals surface area contributed by atoms with E-state index in [4.69, 9.17) is 19.3 Å². The van der Waals surface area contributed by atoms with Crippen LogP contribution in [0.15, 0.2) is 42.6 Å². The van der Waals surface area contributed by atoms with Crippen molar-refractivity contribution in [2.24, 2.45) is 5.41 Å². The maximum Gasteiger partial charge on any atom is 0.319 e. The number of carbonyl (C=O) groups is 1. The predicted octanol–water partition coefficient (Wildman–Crippen LogP) is 5.43. The number of hydrogen-bond acceptors (Lipinski definition) is 7. The molecule has 0 spiro atoms. The number of aliphatic hydroxyl groups is 1. The fourth-order valence-corrected chi connectivity index (χ4v) is 3.85. The van der Waals surface area contributed by atoms with E-state index in [1.807, 2.05) is 6.92 Å². The van der Waals surface area contributed by atoms with Gasteiger partial charge in [0.1, 0.15) is 23.9 Å². The topological polar surface area (TPSA) is 105 Å². The number of carbonyl (C=O) groups excluding carboxylic acids is 1. The summed E-state index contributed by atoms with van der Waals surface area (Å²) in [6, 6.07) is 9.02. The summed E-state index contributed by atoms with van der Waals surface area (Å²) < 4.78 is 32.3. The third kappa shape index (κ3) is 8.97. The number of nitrogens with zero attached hydrogens (tertiary/aromatic N) is 2. The van der Waals surface area contributed by atoms with Crippen molar-refractivity contribution < 1.29 is 28.5 Å². The summed E-state index contributed by atoms with van der Waals surface area (Å²) in [6.07, 6.45) is 2.40. The quantitative estimate of drug-likeness (QED) is 0.265. The van der Waals surface area contributed by atoms with E-state index in [-0.39, 0.29) is 23.5 Å². The molecule has 1 heterocycles. The molecule has 0 atom stereocenters. The second kappa shape index (κ2) is 14.0. The van der Waals surface area contributed by atoms with Crippen LogP contribution in [0.5, 0.6) is 23.0 Å². The summed E-state index contributed by atoms with van der Waals surface area (Å²) >= 11 is 0. The second-order valence-corrected chi connectivity index (χ2v) is 10.3. The minimum Gasteiger partial charge on any atom is -0.493 e. The van der Waals surface area contributed by atoms with Crippen LogP contribution in [-0.4, -0.2) is 67.5 Å². The van der Waals surface area contributed by atoms with Crippen LogP contribution in [0, 0.1) is 11.2 Å². The van der Waals surface area contributed by atoms with E-state index in [0.717, 1.165) is 13.0 Å². The van der Waals surface area contributed by atoms with Crippen LogP contribution >= 0.6 is 0 Å². The van der Waals surface area contributed by atoms with Gasteiger partial charge in [0.15, 0.2) is 11.5 Å². The Bertz CT molecular complexity index is 1250. The number of anilines is 1. The lowest BCUT2D eigenvalue weighted by Crippen LogP contribution is -2.31. The molecule has 3 rings (SSSR count). The van der Waals surface area contributed by atoms with Crippen LogP contribution in [-0.2, 0) is 0 Å². The Morgan fingerprint density at radius 3 is 2.56 bits per heavy atom. The molecule has 9 nitrogen and oxygen atoms in total. The first-order valence-electron chi connectivity index (χ1n) is 13.1. The summed E-state index contributed by atoms with van der Waals surface area (Å²) in [4.78, 5) is 18.6. The predicted molar refractivity (Wildman–Crippen MR) is 151 cm³/mol. The molecule has 212 valence electrons. The number of urea groups is 1. The number of halogens is 1. The summed E-state index contributed by atoms with van der Waals surface area (Å²) in [5.74, 6) is 1.16. The van der Waals surface area contributed by atoms with Crippen LogP contribution in [0.3, 0.4) is 0 Å². The normalized spacial score (nSPS) is 11.5. The van der Waals surface area contributed by atoms with Gasteiger partial charge >= 0.3 is 6.03 Å². The molecule has 0 unspecified atom stereocenters. The molecule has 0 radical (unpaired) electrons. The first kappa shape index (κ1) is 29.9. The monoisotopic (exact) mass is 542 g/mol. The van der Waals surface area contributed by atoms with Crippen molar-refractivity contribution in [3.63, 3.8) is 0 Å². The average Bonchev–Trinajstić information content (AvgIpc) is 2.88. The molecule has 10 heteroatoms. The van der Waals surface area contributed by atoms with E-state index in [0.29, 0.717) is 54.4 Å². The van der Waals surface area contributed by atoms with Gasteiger partial charge in [0.25, 0.3) is 0 Å². The molecule has 0 aliphatic carbocycles. The Morgan fingerprint density at radius 1 is 1.10 bits per heavy atom. The van der Waals surface area contributed by atoms with Gasteiger partial charge in [-0.15, -0.1) is 0 Å². The molecule has 0 bridgehead atoms. The Balaban J connectivity index is 1.71.